The quantitative estimate of drug-likeness (QED) is 0.588. The predicted octanol–water partition coefficient (Wildman–Crippen LogP) is 2.56. The highest BCUT2D eigenvalue weighted by Gasteiger charge is 2.14. The van der Waals surface area contributed by atoms with Crippen LogP contribution >= 0.6 is 0 Å². The minimum Gasteiger partial charge on any atom is -0.420 e. The third kappa shape index (κ3) is 2.58. The van der Waals surface area contributed by atoms with E-state index in [4.69, 9.17) is 4.42 Å². The molecule has 23 heavy (non-hydrogen) atoms. The molecule has 0 atom stereocenters. The molecule has 1 N–H and O–H groups in total. The van der Waals surface area contributed by atoms with Crippen LogP contribution in [0.25, 0.3) is 22.1 Å². The van der Waals surface area contributed by atoms with Gasteiger partial charge in [-0.1, -0.05) is 0 Å². The Morgan fingerprint density at radius 2 is 2.00 bits per heavy atom. The van der Waals surface area contributed by atoms with E-state index in [0.717, 1.165) is 0 Å². The van der Waals surface area contributed by atoms with E-state index in [2.05, 4.69) is 4.98 Å². The fourth-order valence-electron chi connectivity index (χ4n) is 2.37. The van der Waals surface area contributed by atoms with E-state index in [1.165, 1.54) is 30.5 Å². The summed E-state index contributed by atoms with van der Waals surface area (Å²) >= 11 is 0. The van der Waals surface area contributed by atoms with Crippen molar-refractivity contribution in [3.05, 3.63) is 68.3 Å². The smallest absolute Gasteiger partial charge is 0.344 e. The Morgan fingerprint density at radius 3 is 2.61 bits per heavy atom. The number of hydrogen-bond donors (Lipinski definition) is 1. The van der Waals surface area contributed by atoms with Gasteiger partial charge in [-0.05, 0) is 30.7 Å². The highest BCUT2D eigenvalue weighted by molar-refractivity contribution is 5.85. The summed E-state index contributed by atoms with van der Waals surface area (Å²) in [6.45, 7) is 1.47. The lowest BCUT2D eigenvalue weighted by Gasteiger charge is -2.07. The maximum atomic E-state index is 12.2. The second-order valence-electron chi connectivity index (χ2n) is 5.02. The van der Waals surface area contributed by atoms with E-state index in [-0.39, 0.29) is 17.9 Å². The van der Waals surface area contributed by atoms with Crippen molar-refractivity contribution in [1.29, 1.82) is 0 Å². The van der Waals surface area contributed by atoms with E-state index >= 15 is 0 Å². The predicted molar refractivity (Wildman–Crippen MR) is 83.0 cm³/mol. The number of nitro groups is 1. The van der Waals surface area contributed by atoms with Crippen LogP contribution < -0.4 is 5.63 Å². The van der Waals surface area contributed by atoms with Crippen molar-refractivity contribution in [2.75, 3.05) is 0 Å². The van der Waals surface area contributed by atoms with Gasteiger partial charge in [0, 0.05) is 29.3 Å². The molecule has 0 aliphatic carbocycles. The van der Waals surface area contributed by atoms with Gasteiger partial charge < -0.3 is 9.52 Å². The van der Waals surface area contributed by atoms with Crippen LogP contribution in [0.4, 0.5) is 5.69 Å². The number of pyridine rings is 1. The number of aliphatic hydroxyl groups is 1. The van der Waals surface area contributed by atoms with E-state index in [0.29, 0.717) is 27.8 Å². The van der Waals surface area contributed by atoms with Gasteiger partial charge in [0.05, 0.1) is 22.8 Å². The van der Waals surface area contributed by atoms with E-state index in [1.807, 2.05) is 0 Å². The number of fused-ring (bicyclic) bond motifs is 1. The molecule has 7 nitrogen and oxygen atoms in total. The van der Waals surface area contributed by atoms with Gasteiger partial charge in [0.25, 0.3) is 5.69 Å². The molecule has 0 fully saturated rings. The van der Waals surface area contributed by atoms with Crippen molar-refractivity contribution in [1.82, 2.24) is 4.98 Å². The van der Waals surface area contributed by atoms with Gasteiger partial charge in [0.2, 0.25) is 0 Å². The van der Waals surface area contributed by atoms with Crippen LogP contribution in [0.2, 0.25) is 0 Å². The molecule has 1 aromatic carbocycles. The zero-order chi connectivity index (χ0) is 16.6. The number of nitro benzene ring substituents is 1. The number of nitrogens with zero attached hydrogens (tertiary/aromatic N) is 2. The van der Waals surface area contributed by atoms with Crippen molar-refractivity contribution in [3.63, 3.8) is 0 Å². The molecule has 0 spiro atoms. The molecule has 3 aromatic rings. The monoisotopic (exact) mass is 312 g/mol. The molecule has 2 heterocycles. The molecule has 116 valence electrons. The highest BCUT2D eigenvalue weighted by Crippen LogP contribution is 2.26. The minimum atomic E-state index is -0.564. The van der Waals surface area contributed by atoms with Crippen LogP contribution in [0.3, 0.4) is 0 Å². The van der Waals surface area contributed by atoms with Crippen molar-refractivity contribution < 1.29 is 14.4 Å². The summed E-state index contributed by atoms with van der Waals surface area (Å²) in [5.74, 6) is 0. The SMILES string of the molecule is Cc1ncc(CO)c2cc(-c3ccc([N+](=O)[O-])cc3)c(=O)oc12. The van der Waals surface area contributed by atoms with Gasteiger partial charge in [-0.2, -0.15) is 0 Å². The van der Waals surface area contributed by atoms with Crippen LogP contribution in [0.15, 0.2) is 45.7 Å². The Morgan fingerprint density at radius 1 is 1.30 bits per heavy atom. The zero-order valence-corrected chi connectivity index (χ0v) is 12.1. The summed E-state index contributed by atoms with van der Waals surface area (Å²) in [4.78, 5) is 26.5. The van der Waals surface area contributed by atoms with Crippen LogP contribution in [-0.2, 0) is 6.61 Å². The average molecular weight is 312 g/mol. The standard InChI is InChI=1S/C16H12N2O5/c1-9-15-13(11(8-19)7-17-9)6-14(16(20)23-15)10-2-4-12(5-3-10)18(21)22/h2-7,19H,8H2,1H3. The minimum absolute atomic E-state index is 0.0602. The first kappa shape index (κ1) is 14.9. The molecule has 0 bridgehead atoms. The van der Waals surface area contributed by atoms with Crippen LogP contribution in [0.5, 0.6) is 0 Å². The third-order valence-electron chi connectivity index (χ3n) is 3.60. The lowest BCUT2D eigenvalue weighted by atomic mass is 10.0. The Bertz CT molecular complexity index is 961. The average Bonchev–Trinajstić information content (AvgIpc) is 2.55. The third-order valence-corrected chi connectivity index (χ3v) is 3.60. The number of hydrogen-bond acceptors (Lipinski definition) is 6. The molecule has 0 aliphatic heterocycles. The first-order valence-electron chi connectivity index (χ1n) is 6.79. The number of benzene rings is 1. The molecular formula is C16H12N2O5. The second-order valence-corrected chi connectivity index (χ2v) is 5.02. The number of non-ortho nitro benzene ring substituents is 1. The van der Waals surface area contributed by atoms with Gasteiger partial charge in [0.1, 0.15) is 0 Å². The summed E-state index contributed by atoms with van der Waals surface area (Å²) in [6, 6.07) is 7.24. The van der Waals surface area contributed by atoms with Crippen molar-refractivity contribution in [2.45, 2.75) is 13.5 Å². The fourth-order valence-corrected chi connectivity index (χ4v) is 2.37. The Labute approximate surface area is 130 Å². The maximum absolute atomic E-state index is 12.2. The van der Waals surface area contributed by atoms with Crippen LogP contribution in [-0.4, -0.2) is 15.0 Å². The van der Waals surface area contributed by atoms with E-state index in [1.54, 1.807) is 13.0 Å². The lowest BCUT2D eigenvalue weighted by molar-refractivity contribution is -0.384. The van der Waals surface area contributed by atoms with Gasteiger partial charge in [-0.15, -0.1) is 0 Å². The largest absolute Gasteiger partial charge is 0.420 e. The van der Waals surface area contributed by atoms with Gasteiger partial charge >= 0.3 is 5.63 Å². The van der Waals surface area contributed by atoms with E-state index in [9.17, 15) is 20.0 Å². The highest BCUT2D eigenvalue weighted by atomic mass is 16.6. The molecule has 0 amide bonds. The van der Waals surface area contributed by atoms with E-state index < -0.39 is 10.5 Å². The molecule has 0 saturated heterocycles. The van der Waals surface area contributed by atoms with Crippen LogP contribution in [0, 0.1) is 17.0 Å². The number of aromatic nitrogens is 1. The number of aryl methyl sites for hydroxylation is 1. The molecule has 0 aliphatic rings. The Balaban J connectivity index is 2.23. The van der Waals surface area contributed by atoms with Crippen molar-refractivity contribution >= 4 is 16.7 Å². The van der Waals surface area contributed by atoms with Gasteiger partial charge in [0.15, 0.2) is 5.58 Å². The second kappa shape index (κ2) is 5.62. The van der Waals surface area contributed by atoms with Crippen molar-refractivity contribution in [3.8, 4) is 11.1 Å². The summed E-state index contributed by atoms with van der Waals surface area (Å²) in [7, 11) is 0. The number of aliphatic hydroxyl groups excluding tert-OH is 1. The molecule has 2 aromatic heterocycles. The Kier molecular flexibility index (Phi) is 3.63. The molecular weight excluding hydrogens is 300 g/mol. The van der Waals surface area contributed by atoms with Crippen LogP contribution in [0.1, 0.15) is 11.3 Å². The first-order chi connectivity index (χ1) is 11.0. The van der Waals surface area contributed by atoms with Gasteiger partial charge in [-0.25, -0.2) is 4.79 Å². The fraction of sp³-hybridized carbons (Fsp3) is 0.125. The normalized spacial score (nSPS) is 10.9. The van der Waals surface area contributed by atoms with Crippen molar-refractivity contribution in [2.24, 2.45) is 0 Å². The molecule has 0 unspecified atom stereocenters. The Hall–Kier alpha value is -3.06. The maximum Gasteiger partial charge on any atom is 0.344 e. The first-order valence-corrected chi connectivity index (χ1v) is 6.79. The summed E-state index contributed by atoms with van der Waals surface area (Å²) < 4.78 is 5.34. The molecule has 3 rings (SSSR count). The lowest BCUT2D eigenvalue weighted by Crippen LogP contribution is -2.05. The molecule has 7 heteroatoms. The summed E-state index contributed by atoms with van der Waals surface area (Å²) in [5, 5.41) is 20.7. The van der Waals surface area contributed by atoms with Gasteiger partial charge in [-0.3, -0.25) is 15.1 Å². The summed E-state index contributed by atoms with van der Waals surface area (Å²) in [5.41, 5.74) is 1.56. The topological polar surface area (TPSA) is 106 Å². The zero-order valence-electron chi connectivity index (χ0n) is 12.1. The molecule has 0 saturated carbocycles. The molecule has 0 radical (unpaired) electrons. The number of rotatable bonds is 3. The summed E-state index contributed by atoms with van der Waals surface area (Å²) in [6.07, 6.45) is 1.53.